The Morgan fingerprint density at radius 1 is 0.833 bits per heavy atom. The van der Waals surface area contributed by atoms with Gasteiger partial charge in [0.15, 0.2) is 0 Å². The molecule has 0 fully saturated rings. The van der Waals surface area contributed by atoms with Gasteiger partial charge in [0.2, 0.25) is 0 Å². The predicted octanol–water partition coefficient (Wildman–Crippen LogP) is 4.78. The first kappa shape index (κ1) is 28.0. The molecule has 5 nitrogen and oxygen atoms in total. The second-order valence-electron chi connectivity index (χ2n) is 8.40. The molecule has 4 rings (SSSR count). The Morgan fingerprint density at radius 2 is 1.42 bits per heavy atom. The predicted molar refractivity (Wildman–Crippen MR) is 141 cm³/mol. The fourth-order valence-electron chi connectivity index (χ4n) is 4.06. The first-order valence-corrected chi connectivity index (χ1v) is 12.4. The molecule has 1 N–H and O–H groups in total. The molecule has 3 aromatic carbocycles. The molecule has 0 atom stereocenters. The number of carbonyl (C=O) groups is 1. The minimum Gasteiger partial charge on any atom is -1.00 e. The molecule has 1 aromatic heterocycles. The van der Waals surface area contributed by atoms with Gasteiger partial charge in [-0.2, -0.15) is 4.98 Å². The first-order valence-electron chi connectivity index (χ1n) is 12.0. The molecule has 4 aromatic rings. The van der Waals surface area contributed by atoms with Gasteiger partial charge in [-0.15, -0.1) is 0 Å². The van der Waals surface area contributed by atoms with Crippen LogP contribution in [0.2, 0.25) is 5.02 Å². The number of hydrogen-bond donors (Lipinski definition) is 1. The Bertz CT molecular complexity index is 1240. The molecule has 7 heteroatoms. The summed E-state index contributed by atoms with van der Waals surface area (Å²) in [6.07, 6.45) is 4.73. The Hall–Kier alpha value is -2.57. The fraction of sp³-hybridized carbons (Fsp3) is 0.241. The zero-order valence-electron chi connectivity index (χ0n) is 21.6. The van der Waals surface area contributed by atoms with Crippen LogP contribution in [0.1, 0.15) is 40.0 Å². The molecule has 182 valence electrons. The zero-order chi connectivity index (χ0) is 24.5. The minimum absolute atomic E-state index is 0. The monoisotopic (exact) mass is 512 g/mol. The summed E-state index contributed by atoms with van der Waals surface area (Å²) >= 11 is 6.18. The number of carboxylic acid groups (broad SMARTS) is 1. The van der Waals surface area contributed by atoms with Crippen molar-refractivity contribution in [1.29, 1.82) is 0 Å². The third-order valence-electron chi connectivity index (χ3n) is 5.79. The van der Waals surface area contributed by atoms with E-state index in [2.05, 4.69) is 28.8 Å². The van der Waals surface area contributed by atoms with Crippen LogP contribution in [-0.2, 0) is 4.79 Å². The van der Waals surface area contributed by atoms with E-state index in [-0.39, 0.29) is 37.4 Å². The molecule has 36 heavy (non-hydrogen) atoms. The minimum atomic E-state index is -0.731. The number of benzene rings is 3. The van der Waals surface area contributed by atoms with E-state index in [4.69, 9.17) is 26.4 Å². The van der Waals surface area contributed by atoms with Gasteiger partial charge in [0.1, 0.15) is 5.69 Å². The second-order valence-corrected chi connectivity index (χ2v) is 8.83. The second kappa shape index (κ2) is 14.2. The average molecular weight is 513 g/mol. The summed E-state index contributed by atoms with van der Waals surface area (Å²) in [5.41, 5.74) is 4.80. The van der Waals surface area contributed by atoms with Crippen molar-refractivity contribution < 1.29 is 45.6 Å². The molecular weight excluding hydrogens is 483 g/mol. The summed E-state index contributed by atoms with van der Waals surface area (Å²) in [4.78, 5) is 15.6. The smallest absolute Gasteiger partial charge is 1.00 e. The van der Waals surface area contributed by atoms with Crippen LogP contribution in [0.25, 0.3) is 28.2 Å². The Kier molecular flexibility index (Phi) is 11.1. The summed E-state index contributed by atoms with van der Waals surface area (Å²) < 4.78 is 8.31. The van der Waals surface area contributed by atoms with Gasteiger partial charge in [-0.1, -0.05) is 91.5 Å². The van der Waals surface area contributed by atoms with Crippen molar-refractivity contribution in [3.05, 3.63) is 90.0 Å². The van der Waals surface area contributed by atoms with Gasteiger partial charge >= 0.3 is 41.5 Å². The van der Waals surface area contributed by atoms with Gasteiger partial charge in [0.25, 0.3) is 0 Å². The summed E-state index contributed by atoms with van der Waals surface area (Å²) in [6.45, 7) is 0.534. The standard InChI is InChI=1S/C29H29ClN2O3.Na.H/c30-24-17-19-25(20-18-24)32-28(23-14-8-5-9-15-23)27(22-12-6-4-7-13-22)31-29(32)35-21-11-3-1-2-10-16-26(33)34;;/h4-9,12-15,17-20H,1-3,10-11,16,21H2,(H,33,34);;/q;+1;-1. The van der Waals surface area contributed by atoms with Crippen molar-refractivity contribution in [2.45, 2.75) is 38.5 Å². The van der Waals surface area contributed by atoms with E-state index in [9.17, 15) is 4.79 Å². The van der Waals surface area contributed by atoms with Gasteiger partial charge in [0.05, 0.1) is 18.0 Å². The Balaban J connectivity index is 0.00000241. The van der Waals surface area contributed by atoms with Crippen molar-refractivity contribution in [2.75, 3.05) is 6.61 Å². The van der Waals surface area contributed by atoms with Gasteiger partial charge in [-0.05, 0) is 37.1 Å². The molecule has 1 heterocycles. The van der Waals surface area contributed by atoms with Gasteiger partial charge in [0, 0.05) is 22.6 Å². The summed E-state index contributed by atoms with van der Waals surface area (Å²) in [5, 5.41) is 9.44. The van der Waals surface area contributed by atoms with E-state index in [1.54, 1.807) is 0 Å². The summed E-state index contributed by atoms with van der Waals surface area (Å²) in [5.74, 6) is -0.731. The van der Waals surface area contributed by atoms with E-state index in [0.717, 1.165) is 60.3 Å². The molecule has 0 unspecified atom stereocenters. The molecule has 0 radical (unpaired) electrons. The van der Waals surface area contributed by atoms with E-state index in [1.807, 2.05) is 60.7 Å². The SMILES string of the molecule is O=C(O)CCCCCCCOc1nc(-c2ccccc2)c(-c2ccccc2)n1-c1ccc(Cl)cc1.[H-].[Na+]. The number of imidazole rings is 1. The normalized spacial score (nSPS) is 10.6. The molecule has 0 aliphatic rings. The number of unbranched alkanes of at least 4 members (excludes halogenated alkanes) is 4. The molecule has 0 aliphatic heterocycles. The quantitative estimate of drug-likeness (QED) is 0.219. The van der Waals surface area contributed by atoms with Crippen molar-refractivity contribution >= 4 is 17.6 Å². The van der Waals surface area contributed by atoms with Crippen LogP contribution in [0.4, 0.5) is 0 Å². The molecule has 0 saturated heterocycles. The van der Waals surface area contributed by atoms with Gasteiger partial charge in [-0.25, -0.2) is 0 Å². The Labute approximate surface area is 240 Å². The summed E-state index contributed by atoms with van der Waals surface area (Å²) in [6, 6.07) is 28.6. The van der Waals surface area contributed by atoms with Crippen LogP contribution in [0.3, 0.4) is 0 Å². The number of aliphatic carboxylic acids is 1. The number of nitrogens with zero attached hydrogens (tertiary/aromatic N) is 2. The van der Waals surface area contributed by atoms with Crippen LogP contribution in [-0.4, -0.2) is 27.2 Å². The Morgan fingerprint density at radius 3 is 2.06 bits per heavy atom. The number of hydrogen-bond acceptors (Lipinski definition) is 3. The van der Waals surface area contributed by atoms with Crippen LogP contribution < -0.4 is 34.3 Å². The van der Waals surface area contributed by atoms with Crippen molar-refractivity contribution in [3.8, 4) is 34.2 Å². The van der Waals surface area contributed by atoms with Crippen molar-refractivity contribution in [3.63, 3.8) is 0 Å². The van der Waals surface area contributed by atoms with E-state index in [0.29, 0.717) is 17.6 Å². The molecule has 0 amide bonds. The van der Waals surface area contributed by atoms with Gasteiger partial charge in [-0.3, -0.25) is 9.36 Å². The largest absolute Gasteiger partial charge is 1.00 e. The number of halogens is 1. The maximum absolute atomic E-state index is 10.7. The third-order valence-corrected chi connectivity index (χ3v) is 6.04. The molecule has 0 saturated carbocycles. The first-order chi connectivity index (χ1) is 17.1. The number of aromatic nitrogens is 2. The van der Waals surface area contributed by atoms with Crippen LogP contribution in [0.15, 0.2) is 84.9 Å². The van der Waals surface area contributed by atoms with E-state index in [1.165, 1.54) is 0 Å². The molecule has 0 aliphatic carbocycles. The van der Waals surface area contributed by atoms with Crippen molar-refractivity contribution in [2.24, 2.45) is 0 Å². The number of carboxylic acids is 1. The zero-order valence-corrected chi connectivity index (χ0v) is 23.3. The average Bonchev–Trinajstić information content (AvgIpc) is 3.26. The van der Waals surface area contributed by atoms with Crippen LogP contribution in [0.5, 0.6) is 6.01 Å². The van der Waals surface area contributed by atoms with E-state index < -0.39 is 5.97 Å². The maximum atomic E-state index is 10.7. The molecule has 0 bridgehead atoms. The fourth-order valence-corrected chi connectivity index (χ4v) is 4.18. The van der Waals surface area contributed by atoms with Crippen molar-refractivity contribution in [1.82, 2.24) is 9.55 Å². The third kappa shape index (κ3) is 7.47. The number of ether oxygens (including phenoxy) is 1. The van der Waals surface area contributed by atoms with Gasteiger partial charge < -0.3 is 11.3 Å². The topological polar surface area (TPSA) is 64.3 Å². The summed E-state index contributed by atoms with van der Waals surface area (Å²) in [7, 11) is 0. The maximum Gasteiger partial charge on any atom is 1.00 e. The molecule has 0 spiro atoms. The molecular formula is C29H30ClN2NaO3. The van der Waals surface area contributed by atoms with E-state index >= 15 is 0 Å². The number of rotatable bonds is 12. The van der Waals surface area contributed by atoms with Crippen LogP contribution >= 0.6 is 11.6 Å². The van der Waals surface area contributed by atoms with Crippen LogP contribution in [0, 0.1) is 0 Å².